The van der Waals surface area contributed by atoms with Crippen LogP contribution in [0.3, 0.4) is 0 Å². The molecule has 0 radical (unpaired) electrons. The van der Waals surface area contributed by atoms with Crippen molar-refractivity contribution >= 4 is 5.95 Å². The molecule has 2 N–H and O–H groups in total. The van der Waals surface area contributed by atoms with Crippen LogP contribution in [0.25, 0.3) is 0 Å². The van der Waals surface area contributed by atoms with Crippen LogP contribution in [0.15, 0.2) is 0 Å². The SMILES string of the molecule is COc1c(O)nc(N2CCOCC2)nc1O. The monoisotopic (exact) mass is 227 g/mol. The van der Waals surface area contributed by atoms with Crippen molar-refractivity contribution in [2.24, 2.45) is 0 Å². The van der Waals surface area contributed by atoms with E-state index in [1.165, 1.54) is 7.11 Å². The van der Waals surface area contributed by atoms with E-state index >= 15 is 0 Å². The molecule has 0 amide bonds. The highest BCUT2D eigenvalue weighted by molar-refractivity contribution is 5.47. The first-order valence-corrected chi connectivity index (χ1v) is 4.89. The Labute approximate surface area is 92.3 Å². The minimum Gasteiger partial charge on any atom is -0.490 e. The van der Waals surface area contributed by atoms with Crippen molar-refractivity contribution in [3.8, 4) is 17.5 Å². The second kappa shape index (κ2) is 4.40. The molecule has 0 atom stereocenters. The zero-order valence-electron chi connectivity index (χ0n) is 8.88. The van der Waals surface area contributed by atoms with E-state index in [1.807, 2.05) is 4.90 Å². The Hall–Kier alpha value is -1.76. The van der Waals surface area contributed by atoms with Crippen LogP contribution >= 0.6 is 0 Å². The van der Waals surface area contributed by atoms with Gasteiger partial charge in [0, 0.05) is 13.1 Å². The fourth-order valence-electron chi connectivity index (χ4n) is 1.50. The van der Waals surface area contributed by atoms with Crippen molar-refractivity contribution in [1.29, 1.82) is 0 Å². The molecule has 0 bridgehead atoms. The lowest BCUT2D eigenvalue weighted by Gasteiger charge is -2.26. The maximum Gasteiger partial charge on any atom is 0.263 e. The molecule has 0 unspecified atom stereocenters. The number of aromatic hydroxyl groups is 2. The summed E-state index contributed by atoms with van der Waals surface area (Å²) in [5.74, 6) is -0.566. The molecule has 2 rings (SSSR count). The number of ether oxygens (including phenoxy) is 2. The lowest BCUT2D eigenvalue weighted by atomic mass is 10.4. The number of morpholine rings is 1. The van der Waals surface area contributed by atoms with Crippen LogP contribution in [-0.4, -0.2) is 53.6 Å². The lowest BCUT2D eigenvalue weighted by molar-refractivity contribution is 0.122. The Balaban J connectivity index is 2.28. The van der Waals surface area contributed by atoms with Gasteiger partial charge in [0.1, 0.15) is 0 Å². The molecule has 7 heteroatoms. The van der Waals surface area contributed by atoms with Gasteiger partial charge in [0.05, 0.1) is 20.3 Å². The summed E-state index contributed by atoms with van der Waals surface area (Å²) >= 11 is 0. The average Bonchev–Trinajstić information content (AvgIpc) is 2.30. The molecule has 1 aliphatic rings. The van der Waals surface area contributed by atoms with E-state index in [2.05, 4.69) is 9.97 Å². The van der Waals surface area contributed by atoms with Gasteiger partial charge in [-0.05, 0) is 0 Å². The van der Waals surface area contributed by atoms with Gasteiger partial charge in [-0.2, -0.15) is 9.97 Å². The molecule has 88 valence electrons. The van der Waals surface area contributed by atoms with Crippen LogP contribution < -0.4 is 9.64 Å². The Morgan fingerprint density at radius 3 is 2.25 bits per heavy atom. The molecule has 1 aliphatic heterocycles. The molecular weight excluding hydrogens is 214 g/mol. The van der Waals surface area contributed by atoms with Crippen LogP contribution in [0.2, 0.25) is 0 Å². The molecule has 0 saturated carbocycles. The number of anilines is 1. The van der Waals surface area contributed by atoms with Gasteiger partial charge in [0.2, 0.25) is 11.7 Å². The van der Waals surface area contributed by atoms with E-state index in [4.69, 9.17) is 9.47 Å². The summed E-state index contributed by atoms with van der Waals surface area (Å²) in [7, 11) is 1.33. The number of hydrogen-bond donors (Lipinski definition) is 2. The predicted octanol–water partition coefficient (Wildman–Crippen LogP) is -0.267. The summed E-state index contributed by atoms with van der Waals surface area (Å²) in [6.45, 7) is 2.42. The fraction of sp³-hybridized carbons (Fsp3) is 0.556. The molecule has 1 aromatic heterocycles. The highest BCUT2D eigenvalue weighted by atomic mass is 16.5. The van der Waals surface area contributed by atoms with E-state index in [9.17, 15) is 10.2 Å². The molecule has 1 aromatic rings. The van der Waals surface area contributed by atoms with Crippen molar-refractivity contribution in [2.75, 3.05) is 38.3 Å². The molecule has 0 spiro atoms. The molecule has 1 saturated heterocycles. The summed E-state index contributed by atoms with van der Waals surface area (Å²) in [5, 5.41) is 19.0. The van der Waals surface area contributed by atoms with Crippen molar-refractivity contribution in [3.63, 3.8) is 0 Å². The second-order valence-electron chi connectivity index (χ2n) is 3.30. The summed E-state index contributed by atoms with van der Waals surface area (Å²) in [4.78, 5) is 9.54. The number of hydrogen-bond acceptors (Lipinski definition) is 7. The van der Waals surface area contributed by atoms with Crippen molar-refractivity contribution in [1.82, 2.24) is 9.97 Å². The van der Waals surface area contributed by atoms with Gasteiger partial charge in [0.15, 0.2) is 0 Å². The van der Waals surface area contributed by atoms with Gasteiger partial charge in [-0.3, -0.25) is 0 Å². The van der Waals surface area contributed by atoms with Crippen molar-refractivity contribution in [2.45, 2.75) is 0 Å². The Morgan fingerprint density at radius 2 is 1.75 bits per heavy atom. The third-order valence-electron chi connectivity index (χ3n) is 2.32. The van der Waals surface area contributed by atoms with Crippen LogP contribution in [0.4, 0.5) is 5.95 Å². The van der Waals surface area contributed by atoms with Crippen LogP contribution in [0, 0.1) is 0 Å². The first-order valence-electron chi connectivity index (χ1n) is 4.89. The van der Waals surface area contributed by atoms with E-state index in [0.29, 0.717) is 26.3 Å². The summed E-state index contributed by atoms with van der Waals surface area (Å²) in [6.07, 6.45) is 0. The number of aromatic nitrogens is 2. The molecule has 0 aromatic carbocycles. The number of nitrogens with zero attached hydrogens (tertiary/aromatic N) is 3. The van der Waals surface area contributed by atoms with Gasteiger partial charge < -0.3 is 24.6 Å². The maximum absolute atomic E-state index is 9.51. The topological polar surface area (TPSA) is 87.9 Å². The lowest BCUT2D eigenvalue weighted by Crippen LogP contribution is -2.37. The molecule has 7 nitrogen and oxygen atoms in total. The predicted molar refractivity (Wildman–Crippen MR) is 54.9 cm³/mol. The van der Waals surface area contributed by atoms with Gasteiger partial charge in [-0.15, -0.1) is 0 Å². The summed E-state index contributed by atoms with van der Waals surface area (Å²) in [6, 6.07) is 0. The molecular formula is C9H13N3O4. The van der Waals surface area contributed by atoms with E-state index in [0.717, 1.165) is 0 Å². The van der Waals surface area contributed by atoms with Crippen molar-refractivity contribution in [3.05, 3.63) is 0 Å². The average molecular weight is 227 g/mol. The highest BCUT2D eigenvalue weighted by Gasteiger charge is 2.19. The highest BCUT2D eigenvalue weighted by Crippen LogP contribution is 2.33. The Morgan fingerprint density at radius 1 is 1.19 bits per heavy atom. The minimum absolute atomic E-state index is 0.114. The van der Waals surface area contributed by atoms with Gasteiger partial charge >= 0.3 is 0 Å². The largest absolute Gasteiger partial charge is 0.490 e. The first kappa shape index (κ1) is 10.7. The van der Waals surface area contributed by atoms with E-state index < -0.39 is 0 Å². The third-order valence-corrected chi connectivity index (χ3v) is 2.32. The van der Waals surface area contributed by atoms with Gasteiger partial charge in [0.25, 0.3) is 11.8 Å². The quantitative estimate of drug-likeness (QED) is 0.719. The van der Waals surface area contributed by atoms with Gasteiger partial charge in [-0.1, -0.05) is 0 Å². The smallest absolute Gasteiger partial charge is 0.263 e. The Kier molecular flexibility index (Phi) is 2.95. The first-order chi connectivity index (χ1) is 7.72. The van der Waals surface area contributed by atoms with Crippen molar-refractivity contribution < 1.29 is 19.7 Å². The summed E-state index contributed by atoms with van der Waals surface area (Å²) in [5.41, 5.74) is 0. The zero-order chi connectivity index (χ0) is 11.5. The molecule has 0 aliphatic carbocycles. The van der Waals surface area contributed by atoms with E-state index in [1.54, 1.807) is 0 Å². The third kappa shape index (κ3) is 1.94. The fourth-order valence-corrected chi connectivity index (χ4v) is 1.50. The van der Waals surface area contributed by atoms with Gasteiger partial charge in [-0.25, -0.2) is 0 Å². The second-order valence-corrected chi connectivity index (χ2v) is 3.30. The Bertz CT molecular complexity index is 356. The standard InChI is InChI=1S/C9H13N3O4/c1-15-6-7(13)10-9(11-8(6)14)12-2-4-16-5-3-12/h2-5H2,1H3,(H2,10,11,13,14). The summed E-state index contributed by atoms with van der Waals surface area (Å²) < 4.78 is 9.93. The maximum atomic E-state index is 9.51. The number of rotatable bonds is 2. The van der Waals surface area contributed by atoms with Crippen LogP contribution in [-0.2, 0) is 4.74 Å². The molecule has 1 fully saturated rings. The molecule has 2 heterocycles. The van der Waals surface area contributed by atoms with Crippen LogP contribution in [0.5, 0.6) is 17.5 Å². The van der Waals surface area contributed by atoms with E-state index in [-0.39, 0.29) is 23.5 Å². The zero-order valence-corrected chi connectivity index (χ0v) is 8.88. The minimum atomic E-state index is -0.364. The molecule has 16 heavy (non-hydrogen) atoms. The normalized spacial score (nSPS) is 16.2. The van der Waals surface area contributed by atoms with Crippen LogP contribution in [0.1, 0.15) is 0 Å². The number of methoxy groups -OCH3 is 1.